The molecule has 0 saturated carbocycles. The summed E-state index contributed by atoms with van der Waals surface area (Å²) in [6.45, 7) is 5.95. The zero-order valence-corrected chi connectivity index (χ0v) is 8.66. The predicted molar refractivity (Wildman–Crippen MR) is 47.4 cm³/mol. The average molecular weight is 193 g/mol. The van der Waals surface area contributed by atoms with Gasteiger partial charge in [-0.1, -0.05) is 0 Å². The Morgan fingerprint density at radius 2 is 1.75 bits per heavy atom. The van der Waals surface area contributed by atoms with Gasteiger partial charge in [0.2, 0.25) is 10.0 Å². The van der Waals surface area contributed by atoms with E-state index in [4.69, 9.17) is 0 Å². The SMILES string of the molecule is CC(=O)CNS(=O)(=O)C(C)(C)C. The van der Waals surface area contributed by atoms with Crippen LogP contribution in [0.2, 0.25) is 0 Å². The number of hydrogen-bond acceptors (Lipinski definition) is 3. The van der Waals surface area contributed by atoms with Crippen LogP contribution >= 0.6 is 0 Å². The lowest BCUT2D eigenvalue weighted by Crippen LogP contribution is -2.41. The van der Waals surface area contributed by atoms with Gasteiger partial charge in [0.15, 0.2) is 0 Å². The number of ketones is 1. The molecule has 72 valence electrons. The Morgan fingerprint density at radius 1 is 1.33 bits per heavy atom. The van der Waals surface area contributed by atoms with Crippen molar-refractivity contribution in [2.24, 2.45) is 0 Å². The molecule has 0 heterocycles. The third-order valence-corrected chi connectivity index (χ3v) is 3.45. The van der Waals surface area contributed by atoms with Crippen LogP contribution in [-0.2, 0) is 14.8 Å². The number of nitrogens with one attached hydrogen (secondary N) is 1. The van der Waals surface area contributed by atoms with Crippen molar-refractivity contribution < 1.29 is 13.2 Å². The van der Waals surface area contributed by atoms with Gasteiger partial charge in [0, 0.05) is 0 Å². The first-order valence-corrected chi connectivity index (χ1v) is 5.14. The molecule has 0 aromatic carbocycles. The highest BCUT2D eigenvalue weighted by Gasteiger charge is 2.28. The molecule has 0 amide bonds. The fourth-order valence-corrected chi connectivity index (χ4v) is 1.24. The third kappa shape index (κ3) is 3.32. The Hall–Kier alpha value is -0.420. The molecule has 0 saturated heterocycles. The largest absolute Gasteiger partial charge is 0.299 e. The number of carbonyl (C=O) groups excluding carboxylic acids is 1. The van der Waals surface area contributed by atoms with E-state index in [0.29, 0.717) is 0 Å². The molecule has 0 atom stereocenters. The molecule has 0 aromatic rings. The molecular weight excluding hydrogens is 178 g/mol. The summed E-state index contributed by atoms with van der Waals surface area (Å²) in [4.78, 5) is 10.5. The fourth-order valence-electron chi connectivity index (χ4n) is 0.413. The van der Waals surface area contributed by atoms with Crippen LogP contribution in [0.1, 0.15) is 27.7 Å². The van der Waals surface area contributed by atoms with E-state index >= 15 is 0 Å². The quantitative estimate of drug-likeness (QED) is 0.701. The van der Waals surface area contributed by atoms with Gasteiger partial charge in [-0.2, -0.15) is 0 Å². The van der Waals surface area contributed by atoms with Gasteiger partial charge in [-0.25, -0.2) is 13.1 Å². The molecule has 0 fully saturated rings. The second kappa shape index (κ2) is 3.53. The Balaban J connectivity index is 4.37. The van der Waals surface area contributed by atoms with Gasteiger partial charge in [-0.15, -0.1) is 0 Å². The summed E-state index contributed by atoms with van der Waals surface area (Å²) in [7, 11) is -3.36. The maximum atomic E-state index is 11.3. The molecule has 4 nitrogen and oxygen atoms in total. The second-order valence-corrected chi connectivity index (χ2v) is 6.16. The number of sulfonamides is 1. The van der Waals surface area contributed by atoms with Crippen molar-refractivity contribution in [3.05, 3.63) is 0 Å². The minimum atomic E-state index is -3.36. The lowest BCUT2D eigenvalue weighted by molar-refractivity contribution is -0.115. The number of rotatable bonds is 3. The maximum Gasteiger partial charge on any atom is 0.216 e. The average Bonchev–Trinajstić information content (AvgIpc) is 1.81. The number of carbonyl (C=O) groups is 1. The summed E-state index contributed by atoms with van der Waals surface area (Å²) >= 11 is 0. The van der Waals surface area contributed by atoms with E-state index in [1.807, 2.05) is 0 Å². The molecule has 0 radical (unpaired) electrons. The monoisotopic (exact) mass is 193 g/mol. The van der Waals surface area contributed by atoms with Crippen LogP contribution in [0, 0.1) is 0 Å². The van der Waals surface area contributed by atoms with Gasteiger partial charge in [-0.05, 0) is 27.7 Å². The molecule has 0 spiro atoms. The van der Waals surface area contributed by atoms with Gasteiger partial charge in [0.1, 0.15) is 5.78 Å². The maximum absolute atomic E-state index is 11.3. The number of Topliss-reactive ketones (excluding diaryl/α,β-unsaturated/α-hetero) is 1. The fraction of sp³-hybridized carbons (Fsp3) is 0.857. The minimum Gasteiger partial charge on any atom is -0.299 e. The van der Waals surface area contributed by atoms with Crippen molar-refractivity contribution in [2.45, 2.75) is 32.4 Å². The van der Waals surface area contributed by atoms with Crippen LogP contribution in [0.25, 0.3) is 0 Å². The van der Waals surface area contributed by atoms with E-state index in [0.717, 1.165) is 0 Å². The smallest absolute Gasteiger partial charge is 0.216 e. The van der Waals surface area contributed by atoms with E-state index in [1.165, 1.54) is 6.92 Å². The highest BCUT2D eigenvalue weighted by molar-refractivity contribution is 7.90. The molecule has 0 rings (SSSR count). The van der Waals surface area contributed by atoms with Gasteiger partial charge in [0.05, 0.1) is 11.3 Å². The molecule has 12 heavy (non-hydrogen) atoms. The normalized spacial score (nSPS) is 13.0. The van der Waals surface area contributed by atoms with Crippen LogP contribution < -0.4 is 4.72 Å². The van der Waals surface area contributed by atoms with E-state index < -0.39 is 14.8 Å². The molecule has 0 unspecified atom stereocenters. The highest BCUT2D eigenvalue weighted by Crippen LogP contribution is 2.12. The Morgan fingerprint density at radius 3 is 2.00 bits per heavy atom. The van der Waals surface area contributed by atoms with Crippen molar-refractivity contribution in [1.29, 1.82) is 0 Å². The molecule has 0 aliphatic carbocycles. The van der Waals surface area contributed by atoms with Crippen LogP contribution in [0.5, 0.6) is 0 Å². The third-order valence-electron chi connectivity index (χ3n) is 1.32. The molecule has 5 heteroatoms. The summed E-state index contributed by atoms with van der Waals surface area (Å²) < 4.78 is 23.9. The Kier molecular flexibility index (Phi) is 3.41. The van der Waals surface area contributed by atoms with Crippen LogP contribution in [0.15, 0.2) is 0 Å². The summed E-state index contributed by atoms with van der Waals surface area (Å²) in [5.74, 6) is -0.192. The summed E-state index contributed by atoms with van der Waals surface area (Å²) in [6, 6.07) is 0. The van der Waals surface area contributed by atoms with E-state index in [-0.39, 0.29) is 12.3 Å². The number of hydrogen-bond donors (Lipinski definition) is 1. The highest BCUT2D eigenvalue weighted by atomic mass is 32.2. The lowest BCUT2D eigenvalue weighted by Gasteiger charge is -2.18. The molecule has 0 bridgehead atoms. The molecule has 0 aliphatic heterocycles. The first-order valence-electron chi connectivity index (χ1n) is 3.65. The van der Waals surface area contributed by atoms with E-state index in [1.54, 1.807) is 20.8 Å². The molecule has 0 aliphatic rings. The second-order valence-electron chi connectivity index (χ2n) is 3.64. The Bertz CT molecular complexity index is 261. The zero-order valence-electron chi connectivity index (χ0n) is 7.84. The summed E-state index contributed by atoms with van der Waals surface area (Å²) in [5, 5.41) is 0. The Labute approximate surface area is 73.4 Å². The van der Waals surface area contributed by atoms with Crippen molar-refractivity contribution >= 4 is 15.8 Å². The standard InChI is InChI=1S/C7H15NO3S/c1-6(9)5-8-12(10,11)7(2,3)4/h8H,5H2,1-4H3. The minimum absolute atomic E-state index is 0.125. The van der Waals surface area contributed by atoms with E-state index in [2.05, 4.69) is 4.72 Å². The van der Waals surface area contributed by atoms with Crippen LogP contribution in [-0.4, -0.2) is 25.5 Å². The predicted octanol–water partition coefficient (Wildman–Crippen LogP) is 0.293. The first-order chi connectivity index (χ1) is 5.17. The zero-order chi connectivity index (χ0) is 9.99. The van der Waals surface area contributed by atoms with Crippen LogP contribution in [0.3, 0.4) is 0 Å². The van der Waals surface area contributed by atoms with Crippen molar-refractivity contribution in [3.63, 3.8) is 0 Å². The van der Waals surface area contributed by atoms with Gasteiger partial charge < -0.3 is 0 Å². The van der Waals surface area contributed by atoms with E-state index in [9.17, 15) is 13.2 Å². The first kappa shape index (κ1) is 11.6. The van der Waals surface area contributed by atoms with Gasteiger partial charge in [-0.3, -0.25) is 4.79 Å². The molecule has 1 N–H and O–H groups in total. The summed E-state index contributed by atoms with van der Waals surface area (Å²) in [6.07, 6.45) is 0. The molecular formula is C7H15NO3S. The van der Waals surface area contributed by atoms with Gasteiger partial charge in [0.25, 0.3) is 0 Å². The van der Waals surface area contributed by atoms with Gasteiger partial charge >= 0.3 is 0 Å². The van der Waals surface area contributed by atoms with Crippen molar-refractivity contribution in [3.8, 4) is 0 Å². The summed E-state index contributed by atoms with van der Waals surface area (Å²) in [5.41, 5.74) is 0. The van der Waals surface area contributed by atoms with Crippen molar-refractivity contribution in [2.75, 3.05) is 6.54 Å². The topological polar surface area (TPSA) is 63.2 Å². The lowest BCUT2D eigenvalue weighted by atomic mass is 10.3. The van der Waals surface area contributed by atoms with Crippen molar-refractivity contribution in [1.82, 2.24) is 4.72 Å². The van der Waals surface area contributed by atoms with Crippen LogP contribution in [0.4, 0.5) is 0 Å². The molecule has 0 aromatic heterocycles.